The van der Waals surface area contributed by atoms with Gasteiger partial charge in [-0.2, -0.15) is 0 Å². The molecule has 0 amide bonds. The summed E-state index contributed by atoms with van der Waals surface area (Å²) in [5.41, 5.74) is 1.97. The van der Waals surface area contributed by atoms with E-state index in [4.69, 9.17) is 28.6 Å². The van der Waals surface area contributed by atoms with Crippen molar-refractivity contribution in [2.24, 2.45) is 0 Å². The molecule has 0 bridgehead atoms. The number of para-hydroxylation sites is 1. The quantitative estimate of drug-likeness (QED) is 0.662. The number of benzene rings is 1. The molecule has 1 aromatic carbocycles. The summed E-state index contributed by atoms with van der Waals surface area (Å²) in [6.07, 6.45) is 0.946. The summed E-state index contributed by atoms with van der Waals surface area (Å²) in [6.45, 7) is 4.35. The van der Waals surface area contributed by atoms with Crippen LogP contribution >= 0.6 is 23.8 Å². The second-order valence-corrected chi connectivity index (χ2v) is 4.56. The third-order valence-corrected chi connectivity index (χ3v) is 3.27. The Balaban J connectivity index is 2.25. The molecule has 0 spiro atoms. The first-order valence-corrected chi connectivity index (χ1v) is 6.47. The molecule has 17 heavy (non-hydrogen) atoms. The molecule has 0 fully saturated rings. The number of H-pyrrole nitrogens is 1. The van der Waals surface area contributed by atoms with Crippen LogP contribution < -0.4 is 0 Å². The van der Waals surface area contributed by atoms with E-state index in [0.29, 0.717) is 9.79 Å². The molecule has 1 N–H and O–H groups in total. The van der Waals surface area contributed by atoms with Gasteiger partial charge in [0.15, 0.2) is 4.77 Å². The first-order valence-electron chi connectivity index (χ1n) is 5.69. The van der Waals surface area contributed by atoms with Crippen LogP contribution in [-0.2, 0) is 11.3 Å². The summed E-state index contributed by atoms with van der Waals surface area (Å²) in [7, 11) is 0. The van der Waals surface area contributed by atoms with Crippen molar-refractivity contribution in [2.45, 2.75) is 19.9 Å². The molecule has 2 aromatic rings. The lowest BCUT2D eigenvalue weighted by atomic mass is 10.3. The molecule has 92 valence electrons. The Kier molecular flexibility index (Phi) is 4.20. The Morgan fingerprint density at radius 1 is 1.47 bits per heavy atom. The van der Waals surface area contributed by atoms with Crippen LogP contribution in [0.4, 0.5) is 0 Å². The van der Waals surface area contributed by atoms with Gasteiger partial charge in [-0.05, 0) is 37.7 Å². The van der Waals surface area contributed by atoms with Gasteiger partial charge in [0.2, 0.25) is 0 Å². The fourth-order valence-electron chi connectivity index (χ4n) is 1.84. The number of hydrogen-bond donors (Lipinski definition) is 1. The number of nitrogens with one attached hydrogen (secondary N) is 1. The zero-order valence-corrected chi connectivity index (χ0v) is 11.3. The molecule has 0 aliphatic carbocycles. The first kappa shape index (κ1) is 12.6. The zero-order valence-electron chi connectivity index (χ0n) is 9.70. The number of fused-ring (bicyclic) bond motifs is 1. The van der Waals surface area contributed by atoms with Gasteiger partial charge in [-0.15, -0.1) is 0 Å². The molecule has 0 atom stereocenters. The molecule has 2 rings (SSSR count). The number of aryl methyl sites for hydroxylation is 1. The average Bonchev–Trinajstić information content (AvgIpc) is 2.63. The Labute approximate surface area is 110 Å². The molecule has 0 saturated heterocycles. The molecule has 3 nitrogen and oxygen atoms in total. The predicted molar refractivity (Wildman–Crippen MR) is 73.2 cm³/mol. The van der Waals surface area contributed by atoms with Gasteiger partial charge in [0.1, 0.15) is 0 Å². The van der Waals surface area contributed by atoms with Crippen molar-refractivity contribution in [1.29, 1.82) is 0 Å². The second kappa shape index (κ2) is 5.67. The van der Waals surface area contributed by atoms with E-state index in [2.05, 4.69) is 9.55 Å². The maximum Gasteiger partial charge on any atom is 0.178 e. The van der Waals surface area contributed by atoms with Crippen LogP contribution in [0.5, 0.6) is 0 Å². The van der Waals surface area contributed by atoms with Gasteiger partial charge in [0, 0.05) is 19.8 Å². The molecule has 1 aromatic heterocycles. The lowest BCUT2D eigenvalue weighted by Gasteiger charge is -2.04. The maximum absolute atomic E-state index is 6.11. The van der Waals surface area contributed by atoms with E-state index in [1.807, 2.05) is 25.1 Å². The van der Waals surface area contributed by atoms with E-state index >= 15 is 0 Å². The van der Waals surface area contributed by atoms with Crippen LogP contribution in [0.1, 0.15) is 13.3 Å². The summed E-state index contributed by atoms with van der Waals surface area (Å²) in [5.74, 6) is 0. The zero-order chi connectivity index (χ0) is 12.3. The molecule has 0 unspecified atom stereocenters. The minimum atomic E-state index is 0.706. The fourth-order valence-corrected chi connectivity index (χ4v) is 2.34. The van der Waals surface area contributed by atoms with Crippen LogP contribution in [0.25, 0.3) is 11.0 Å². The van der Waals surface area contributed by atoms with Crippen LogP contribution in [0.3, 0.4) is 0 Å². The van der Waals surface area contributed by atoms with Gasteiger partial charge in [-0.1, -0.05) is 17.7 Å². The Bertz CT molecular complexity index is 561. The number of imidazole rings is 1. The summed E-state index contributed by atoms with van der Waals surface area (Å²) >= 11 is 11.4. The van der Waals surface area contributed by atoms with E-state index in [-0.39, 0.29) is 0 Å². The Morgan fingerprint density at radius 3 is 3.06 bits per heavy atom. The topological polar surface area (TPSA) is 29.9 Å². The van der Waals surface area contributed by atoms with Gasteiger partial charge < -0.3 is 14.3 Å². The molecule has 0 radical (unpaired) electrons. The van der Waals surface area contributed by atoms with Gasteiger partial charge >= 0.3 is 0 Å². The number of aromatic amines is 1. The molecular weight excluding hydrogens is 256 g/mol. The molecule has 0 aliphatic heterocycles. The lowest BCUT2D eigenvalue weighted by Crippen LogP contribution is -2.02. The average molecular weight is 271 g/mol. The highest BCUT2D eigenvalue weighted by Crippen LogP contribution is 2.22. The monoisotopic (exact) mass is 270 g/mol. The van der Waals surface area contributed by atoms with Crippen molar-refractivity contribution < 1.29 is 4.74 Å². The molecule has 0 saturated carbocycles. The highest BCUT2D eigenvalue weighted by Gasteiger charge is 2.06. The van der Waals surface area contributed by atoms with E-state index < -0.39 is 0 Å². The van der Waals surface area contributed by atoms with Crippen LogP contribution in [0.15, 0.2) is 18.2 Å². The van der Waals surface area contributed by atoms with Crippen molar-refractivity contribution in [3.05, 3.63) is 28.0 Å². The summed E-state index contributed by atoms with van der Waals surface area (Å²) < 4.78 is 8.10. The molecule has 1 heterocycles. The standard InChI is InChI=1S/C12H15ClN2OS/c1-2-16-8-4-7-15-10-6-3-5-9(13)11(10)14-12(15)17/h3,5-6H,2,4,7-8H2,1H3,(H,14,17). The minimum Gasteiger partial charge on any atom is -0.382 e. The SMILES string of the molecule is CCOCCCn1c(=S)[nH]c2c(Cl)cccc21. The molecule has 0 aliphatic rings. The Morgan fingerprint density at radius 2 is 2.29 bits per heavy atom. The largest absolute Gasteiger partial charge is 0.382 e. The van der Waals surface area contributed by atoms with Crippen molar-refractivity contribution in [3.63, 3.8) is 0 Å². The van der Waals surface area contributed by atoms with E-state index in [0.717, 1.165) is 37.2 Å². The van der Waals surface area contributed by atoms with E-state index in [1.165, 1.54) is 0 Å². The van der Waals surface area contributed by atoms with E-state index in [9.17, 15) is 0 Å². The highest BCUT2D eigenvalue weighted by atomic mass is 35.5. The predicted octanol–water partition coefficient (Wildman–Crippen LogP) is 3.78. The third-order valence-electron chi connectivity index (χ3n) is 2.63. The summed E-state index contributed by atoms with van der Waals surface area (Å²) in [5, 5.41) is 0.706. The van der Waals surface area contributed by atoms with Crippen molar-refractivity contribution >= 4 is 34.9 Å². The second-order valence-electron chi connectivity index (χ2n) is 3.77. The van der Waals surface area contributed by atoms with Crippen molar-refractivity contribution in [2.75, 3.05) is 13.2 Å². The highest BCUT2D eigenvalue weighted by molar-refractivity contribution is 7.71. The number of rotatable bonds is 5. The van der Waals surface area contributed by atoms with Crippen LogP contribution in [0, 0.1) is 4.77 Å². The number of halogens is 1. The van der Waals surface area contributed by atoms with Gasteiger partial charge in [0.25, 0.3) is 0 Å². The fraction of sp³-hybridized carbons (Fsp3) is 0.417. The Hall–Kier alpha value is -0.840. The molecule has 5 heteroatoms. The van der Waals surface area contributed by atoms with Gasteiger partial charge in [0.05, 0.1) is 16.1 Å². The summed E-state index contributed by atoms with van der Waals surface area (Å²) in [6, 6.07) is 5.82. The maximum atomic E-state index is 6.11. The van der Waals surface area contributed by atoms with E-state index in [1.54, 1.807) is 0 Å². The first-order chi connectivity index (χ1) is 8.24. The number of ether oxygens (including phenoxy) is 1. The minimum absolute atomic E-state index is 0.706. The smallest absolute Gasteiger partial charge is 0.178 e. The van der Waals surface area contributed by atoms with Gasteiger partial charge in [-0.25, -0.2) is 0 Å². The summed E-state index contributed by atoms with van der Waals surface area (Å²) in [4.78, 5) is 3.14. The number of aromatic nitrogens is 2. The van der Waals surface area contributed by atoms with Gasteiger partial charge in [-0.3, -0.25) is 0 Å². The molecular formula is C12H15ClN2OS. The van der Waals surface area contributed by atoms with Crippen molar-refractivity contribution in [1.82, 2.24) is 9.55 Å². The normalized spacial score (nSPS) is 11.2. The van der Waals surface area contributed by atoms with Crippen molar-refractivity contribution in [3.8, 4) is 0 Å². The lowest BCUT2D eigenvalue weighted by molar-refractivity contribution is 0.142. The third kappa shape index (κ3) is 2.70. The van der Waals surface area contributed by atoms with Crippen LogP contribution in [0.2, 0.25) is 5.02 Å². The number of hydrogen-bond acceptors (Lipinski definition) is 2. The number of nitrogens with zero attached hydrogens (tertiary/aromatic N) is 1. The van der Waals surface area contributed by atoms with Crippen LogP contribution in [-0.4, -0.2) is 22.8 Å².